The van der Waals surface area contributed by atoms with Crippen molar-refractivity contribution >= 4 is 56.6 Å². The fourth-order valence-corrected chi connectivity index (χ4v) is 4.18. The lowest BCUT2D eigenvalue weighted by molar-refractivity contribution is -0.142. The van der Waals surface area contributed by atoms with Crippen LogP contribution in [0.3, 0.4) is 0 Å². The van der Waals surface area contributed by atoms with Crippen LogP contribution < -0.4 is 5.32 Å². The zero-order chi connectivity index (χ0) is 17.5. The lowest BCUT2D eigenvalue weighted by Crippen LogP contribution is -2.22. The molecule has 24 heavy (non-hydrogen) atoms. The monoisotopic (exact) mass is 428 g/mol. The Morgan fingerprint density at radius 1 is 1.46 bits per heavy atom. The Hall–Kier alpha value is -1.38. The number of hydrogen-bond donors (Lipinski definition) is 1. The van der Waals surface area contributed by atoms with E-state index in [1.165, 1.54) is 23.1 Å². The summed E-state index contributed by atoms with van der Waals surface area (Å²) in [7, 11) is 0. The molecule has 128 valence electrons. The molecule has 0 bridgehead atoms. The highest BCUT2D eigenvalue weighted by Crippen LogP contribution is 2.28. The van der Waals surface area contributed by atoms with Gasteiger partial charge >= 0.3 is 5.97 Å². The van der Waals surface area contributed by atoms with Crippen molar-refractivity contribution in [2.24, 2.45) is 0 Å². The Labute approximate surface area is 157 Å². The van der Waals surface area contributed by atoms with Gasteiger partial charge in [0.05, 0.1) is 24.0 Å². The summed E-state index contributed by atoms with van der Waals surface area (Å²) < 4.78 is 6.56. The van der Waals surface area contributed by atoms with E-state index < -0.39 is 0 Å². The van der Waals surface area contributed by atoms with Gasteiger partial charge in [-0.25, -0.2) is 4.98 Å². The number of carbonyl (C=O) groups excluding carboxylic acids is 2. The summed E-state index contributed by atoms with van der Waals surface area (Å²) in [6, 6.07) is 7.44. The highest BCUT2D eigenvalue weighted by Gasteiger charge is 2.17. The number of thioether (sulfide) groups is 1. The first-order chi connectivity index (χ1) is 11.5. The molecule has 0 aliphatic heterocycles. The van der Waals surface area contributed by atoms with Crippen LogP contribution in [0.25, 0.3) is 0 Å². The van der Waals surface area contributed by atoms with Crippen LogP contribution in [0.15, 0.2) is 38.5 Å². The Kier molecular flexibility index (Phi) is 7.26. The number of hydrogen-bond acceptors (Lipinski definition) is 6. The maximum Gasteiger partial charge on any atom is 0.311 e. The number of rotatable bonds is 7. The number of thiazole rings is 1. The van der Waals surface area contributed by atoms with Gasteiger partial charge in [-0.1, -0.05) is 33.8 Å². The van der Waals surface area contributed by atoms with Crippen molar-refractivity contribution in [1.29, 1.82) is 0 Å². The zero-order valence-electron chi connectivity index (χ0n) is 13.2. The van der Waals surface area contributed by atoms with Crippen LogP contribution in [0.4, 0.5) is 5.69 Å². The molecule has 1 unspecified atom stereocenters. The third-order valence-electron chi connectivity index (χ3n) is 2.90. The summed E-state index contributed by atoms with van der Waals surface area (Å²) in [6.07, 6.45) is 0.156. The number of nitrogens with zero attached hydrogens (tertiary/aromatic N) is 1. The first-order valence-electron chi connectivity index (χ1n) is 7.31. The molecule has 1 heterocycles. The minimum absolute atomic E-state index is 0.0970. The summed E-state index contributed by atoms with van der Waals surface area (Å²) in [6.45, 7) is 3.95. The predicted octanol–water partition coefficient (Wildman–Crippen LogP) is 4.13. The number of esters is 1. The Morgan fingerprint density at radius 2 is 2.25 bits per heavy atom. The molecule has 0 aliphatic rings. The van der Waals surface area contributed by atoms with Gasteiger partial charge in [0, 0.05) is 15.5 Å². The third kappa shape index (κ3) is 5.92. The molecule has 0 saturated heterocycles. The molecule has 0 radical (unpaired) electrons. The molecule has 5 nitrogen and oxygen atoms in total. The molecule has 1 amide bonds. The van der Waals surface area contributed by atoms with Gasteiger partial charge in [-0.3, -0.25) is 9.59 Å². The molecular formula is C16H17BrN2O3S2. The Morgan fingerprint density at radius 3 is 2.96 bits per heavy atom. The van der Waals surface area contributed by atoms with Crippen molar-refractivity contribution < 1.29 is 14.3 Å². The average Bonchev–Trinajstić information content (AvgIpc) is 2.94. The zero-order valence-corrected chi connectivity index (χ0v) is 16.5. The van der Waals surface area contributed by atoms with Gasteiger partial charge in [-0.15, -0.1) is 11.3 Å². The van der Waals surface area contributed by atoms with E-state index in [1.807, 2.05) is 36.6 Å². The largest absolute Gasteiger partial charge is 0.466 e. The Balaban J connectivity index is 1.89. The van der Waals surface area contributed by atoms with Crippen molar-refractivity contribution in [3.8, 4) is 0 Å². The first-order valence-corrected chi connectivity index (χ1v) is 9.86. The average molecular weight is 429 g/mol. The van der Waals surface area contributed by atoms with Gasteiger partial charge < -0.3 is 10.1 Å². The van der Waals surface area contributed by atoms with Crippen LogP contribution in [0.5, 0.6) is 0 Å². The summed E-state index contributed by atoms with van der Waals surface area (Å²) in [5.41, 5.74) is 1.41. The van der Waals surface area contributed by atoms with Crippen LogP contribution in [-0.4, -0.2) is 28.7 Å². The number of amides is 1. The minimum Gasteiger partial charge on any atom is -0.466 e. The number of aromatic nitrogens is 1. The van der Waals surface area contributed by atoms with Gasteiger partial charge in [0.15, 0.2) is 4.34 Å². The maximum atomic E-state index is 12.3. The van der Waals surface area contributed by atoms with E-state index in [0.29, 0.717) is 12.3 Å². The van der Waals surface area contributed by atoms with Crippen molar-refractivity contribution in [3.05, 3.63) is 39.8 Å². The van der Waals surface area contributed by atoms with E-state index in [0.717, 1.165) is 14.5 Å². The van der Waals surface area contributed by atoms with Crippen LogP contribution in [0.2, 0.25) is 0 Å². The summed E-state index contributed by atoms with van der Waals surface area (Å²) in [5.74, 6) is -0.389. The van der Waals surface area contributed by atoms with Crippen molar-refractivity contribution in [2.45, 2.75) is 29.9 Å². The van der Waals surface area contributed by atoms with Crippen LogP contribution >= 0.6 is 39.0 Å². The molecule has 1 atom stereocenters. The van der Waals surface area contributed by atoms with Crippen LogP contribution in [0.1, 0.15) is 19.5 Å². The normalized spacial score (nSPS) is 11.8. The standard InChI is InChI=1S/C16H17BrN2O3S2/c1-3-22-14(20)8-13-9-23-16(19-13)24-10(2)15(21)18-12-6-4-5-11(17)7-12/h4-7,9-10H,3,8H2,1-2H3,(H,18,21). The van der Waals surface area contributed by atoms with Crippen molar-refractivity contribution in [2.75, 3.05) is 11.9 Å². The quantitative estimate of drug-likeness (QED) is 0.530. The number of ether oxygens (including phenoxy) is 1. The molecule has 0 fully saturated rings. The summed E-state index contributed by atoms with van der Waals surface area (Å²) >= 11 is 6.16. The predicted molar refractivity (Wildman–Crippen MR) is 101 cm³/mol. The number of anilines is 1. The number of halogens is 1. The molecule has 1 aromatic carbocycles. The highest BCUT2D eigenvalue weighted by molar-refractivity contribution is 9.10. The van der Waals surface area contributed by atoms with Crippen LogP contribution in [-0.2, 0) is 20.7 Å². The topological polar surface area (TPSA) is 68.3 Å². The van der Waals surface area contributed by atoms with E-state index in [1.54, 1.807) is 6.92 Å². The number of carbonyl (C=O) groups is 2. The minimum atomic E-state index is -0.300. The van der Waals surface area contributed by atoms with Gasteiger partial charge in [-0.2, -0.15) is 0 Å². The van der Waals surface area contributed by atoms with E-state index in [9.17, 15) is 9.59 Å². The smallest absolute Gasteiger partial charge is 0.311 e. The second kappa shape index (κ2) is 9.19. The van der Waals surface area contributed by atoms with Crippen molar-refractivity contribution in [1.82, 2.24) is 4.98 Å². The lowest BCUT2D eigenvalue weighted by atomic mass is 10.3. The molecule has 1 aromatic heterocycles. The summed E-state index contributed by atoms with van der Waals surface area (Å²) in [4.78, 5) is 28.1. The van der Waals surface area contributed by atoms with Crippen molar-refractivity contribution in [3.63, 3.8) is 0 Å². The Bertz CT molecular complexity index is 721. The van der Waals surface area contributed by atoms with E-state index in [-0.39, 0.29) is 23.5 Å². The molecule has 2 rings (SSSR count). The second-order valence-electron chi connectivity index (χ2n) is 4.85. The molecule has 0 aliphatic carbocycles. The van der Waals surface area contributed by atoms with Gasteiger partial charge in [0.25, 0.3) is 0 Å². The van der Waals surface area contributed by atoms with E-state index >= 15 is 0 Å². The highest BCUT2D eigenvalue weighted by atomic mass is 79.9. The van der Waals surface area contributed by atoms with E-state index in [2.05, 4.69) is 26.2 Å². The van der Waals surface area contributed by atoms with Gasteiger partial charge in [0.2, 0.25) is 5.91 Å². The molecule has 0 spiro atoms. The third-order valence-corrected chi connectivity index (χ3v) is 5.51. The molecule has 2 aromatic rings. The SMILES string of the molecule is CCOC(=O)Cc1csc(SC(C)C(=O)Nc2cccc(Br)c2)n1. The fraction of sp³-hybridized carbons (Fsp3) is 0.312. The fourth-order valence-electron chi connectivity index (χ4n) is 1.80. The second-order valence-corrected chi connectivity index (χ2v) is 8.21. The van der Waals surface area contributed by atoms with Gasteiger partial charge in [-0.05, 0) is 32.0 Å². The molecule has 0 saturated carbocycles. The summed E-state index contributed by atoms with van der Waals surface area (Å²) in [5, 5.41) is 4.39. The molecule has 8 heteroatoms. The lowest BCUT2D eigenvalue weighted by Gasteiger charge is -2.10. The first kappa shape index (κ1) is 19.0. The maximum absolute atomic E-state index is 12.3. The van der Waals surface area contributed by atoms with E-state index in [4.69, 9.17) is 4.74 Å². The number of benzene rings is 1. The molecule has 1 N–H and O–H groups in total. The van der Waals surface area contributed by atoms with Gasteiger partial charge in [0.1, 0.15) is 0 Å². The molecular weight excluding hydrogens is 412 g/mol. The number of nitrogens with one attached hydrogen (secondary N) is 1. The van der Waals surface area contributed by atoms with Crippen LogP contribution in [0, 0.1) is 0 Å².